The van der Waals surface area contributed by atoms with Crippen molar-refractivity contribution in [2.75, 3.05) is 79.2 Å². The van der Waals surface area contributed by atoms with Gasteiger partial charge < -0.3 is 58.0 Å². The van der Waals surface area contributed by atoms with Gasteiger partial charge in [-0.3, -0.25) is 0 Å². The molecule has 0 saturated carbocycles. The van der Waals surface area contributed by atoms with E-state index in [0.29, 0.717) is 17.2 Å². The fourth-order valence-electron chi connectivity index (χ4n) is 3.98. The molecule has 0 saturated heterocycles. The standard InChI is InChI=1S/C40H52N2O15.C2H6/c1-28(2)36(43)52-17-15-41-39(46)56-34(26-54-31-11-8-7-9-12-31)24-48-19-21-50-32-13-10-14-33(23-32)51-22-20-49-25-35(27-55-38(45)30(5)6)57-40(47)42-16-18-53-37(44)29(3)4;1-2/h7-14,23,34-35H,1,3,5,15-22,24-27H2,2,4,6H3,(H,41,46)(H,42,47);1-2H3. The number of amides is 2. The average molecular weight is 831 g/mol. The van der Waals surface area contributed by atoms with E-state index in [-0.39, 0.29) is 95.9 Å². The molecule has 59 heavy (non-hydrogen) atoms. The third-order valence-electron chi connectivity index (χ3n) is 6.79. The van der Waals surface area contributed by atoms with Crippen molar-refractivity contribution in [1.29, 1.82) is 0 Å². The van der Waals surface area contributed by atoms with Crippen LogP contribution in [-0.2, 0) is 47.5 Å². The quantitative estimate of drug-likeness (QED) is 0.0494. The van der Waals surface area contributed by atoms with Crippen LogP contribution >= 0.6 is 0 Å². The van der Waals surface area contributed by atoms with Crippen LogP contribution in [0.3, 0.4) is 0 Å². The molecular weight excluding hydrogens is 772 g/mol. The number of alkyl carbamates (subject to hydrolysis) is 2. The second kappa shape index (κ2) is 31.0. The predicted octanol–water partition coefficient (Wildman–Crippen LogP) is 5.13. The Balaban J connectivity index is 0.00000856. The van der Waals surface area contributed by atoms with Crippen LogP contribution in [0.5, 0.6) is 17.2 Å². The lowest BCUT2D eigenvalue weighted by molar-refractivity contribution is -0.143. The predicted molar refractivity (Wildman–Crippen MR) is 216 cm³/mol. The summed E-state index contributed by atoms with van der Waals surface area (Å²) < 4.78 is 54.4. The van der Waals surface area contributed by atoms with E-state index in [1.165, 1.54) is 20.8 Å². The zero-order valence-corrected chi connectivity index (χ0v) is 34.6. The van der Waals surface area contributed by atoms with E-state index in [4.69, 9.17) is 47.4 Å². The highest BCUT2D eigenvalue weighted by Crippen LogP contribution is 2.19. The van der Waals surface area contributed by atoms with Crippen LogP contribution in [0.15, 0.2) is 91.1 Å². The summed E-state index contributed by atoms with van der Waals surface area (Å²) in [6, 6.07) is 15.9. The molecule has 0 aliphatic carbocycles. The maximum atomic E-state index is 12.4. The van der Waals surface area contributed by atoms with Crippen molar-refractivity contribution in [2.24, 2.45) is 0 Å². The Kier molecular flexibility index (Phi) is 26.8. The maximum absolute atomic E-state index is 12.4. The van der Waals surface area contributed by atoms with Gasteiger partial charge in [0, 0.05) is 22.8 Å². The van der Waals surface area contributed by atoms with E-state index in [1.54, 1.807) is 36.4 Å². The number of ether oxygens (including phenoxy) is 10. The number of benzene rings is 2. The lowest BCUT2D eigenvalue weighted by atomic mass is 10.3. The molecule has 0 aromatic heterocycles. The molecule has 0 radical (unpaired) electrons. The van der Waals surface area contributed by atoms with Crippen molar-refractivity contribution >= 4 is 30.1 Å². The second-order valence-electron chi connectivity index (χ2n) is 12.1. The molecule has 0 fully saturated rings. The molecule has 326 valence electrons. The van der Waals surface area contributed by atoms with Crippen LogP contribution in [0.1, 0.15) is 34.6 Å². The number of hydrogen-bond donors (Lipinski definition) is 2. The molecule has 2 atom stereocenters. The Bertz CT molecular complexity index is 1620. The third-order valence-corrected chi connectivity index (χ3v) is 6.79. The molecule has 2 aromatic carbocycles. The Morgan fingerprint density at radius 3 is 1.39 bits per heavy atom. The Labute approximate surface area is 345 Å². The van der Waals surface area contributed by atoms with Crippen molar-refractivity contribution in [1.82, 2.24) is 10.6 Å². The minimum atomic E-state index is -0.953. The van der Waals surface area contributed by atoms with E-state index in [0.717, 1.165) is 0 Å². The van der Waals surface area contributed by atoms with E-state index >= 15 is 0 Å². The molecule has 0 spiro atoms. The maximum Gasteiger partial charge on any atom is 0.407 e. The van der Waals surface area contributed by atoms with Crippen molar-refractivity contribution in [2.45, 2.75) is 46.8 Å². The first-order valence-electron chi connectivity index (χ1n) is 18.9. The number of carbonyl (C=O) groups excluding carboxylic acids is 5. The Morgan fingerprint density at radius 1 is 0.508 bits per heavy atom. The van der Waals surface area contributed by atoms with Crippen molar-refractivity contribution in [3.05, 3.63) is 91.1 Å². The molecule has 17 heteroatoms. The van der Waals surface area contributed by atoms with Gasteiger partial charge >= 0.3 is 30.1 Å². The normalized spacial score (nSPS) is 11.1. The lowest BCUT2D eigenvalue weighted by Crippen LogP contribution is -2.36. The third kappa shape index (κ3) is 25.0. The van der Waals surface area contributed by atoms with Gasteiger partial charge in [0.05, 0.1) is 39.5 Å². The number of para-hydroxylation sites is 1. The van der Waals surface area contributed by atoms with Crippen LogP contribution < -0.4 is 24.8 Å². The summed E-state index contributed by atoms with van der Waals surface area (Å²) in [5.74, 6) is -0.197. The molecule has 2 N–H and O–H groups in total. The second-order valence-corrected chi connectivity index (χ2v) is 12.1. The fourth-order valence-corrected chi connectivity index (χ4v) is 3.98. The smallest absolute Gasteiger partial charge is 0.407 e. The van der Waals surface area contributed by atoms with Crippen LogP contribution in [0.2, 0.25) is 0 Å². The van der Waals surface area contributed by atoms with Gasteiger partial charge in [0.1, 0.15) is 56.9 Å². The van der Waals surface area contributed by atoms with Crippen LogP contribution in [0.25, 0.3) is 0 Å². The van der Waals surface area contributed by atoms with Crippen LogP contribution in [-0.4, -0.2) is 121 Å². The summed E-state index contributed by atoms with van der Waals surface area (Å²) in [4.78, 5) is 59.5. The molecule has 0 bridgehead atoms. The molecule has 2 rings (SSSR count). The summed E-state index contributed by atoms with van der Waals surface area (Å²) in [7, 11) is 0. The van der Waals surface area contributed by atoms with Crippen LogP contribution in [0.4, 0.5) is 9.59 Å². The molecule has 2 amide bonds. The van der Waals surface area contributed by atoms with Crippen molar-refractivity contribution < 1.29 is 71.3 Å². The van der Waals surface area contributed by atoms with Crippen molar-refractivity contribution in [3.63, 3.8) is 0 Å². The first kappa shape index (κ1) is 50.9. The monoisotopic (exact) mass is 830 g/mol. The summed E-state index contributed by atoms with van der Waals surface area (Å²) in [5.41, 5.74) is 0.653. The van der Waals surface area contributed by atoms with Gasteiger partial charge in [0.2, 0.25) is 0 Å². The number of carbonyl (C=O) groups is 5. The first-order valence-corrected chi connectivity index (χ1v) is 18.9. The highest BCUT2D eigenvalue weighted by molar-refractivity contribution is 5.87. The lowest BCUT2D eigenvalue weighted by Gasteiger charge is -2.19. The minimum absolute atomic E-state index is 0.0112. The van der Waals surface area contributed by atoms with Gasteiger partial charge in [-0.15, -0.1) is 0 Å². The largest absolute Gasteiger partial charge is 0.491 e. The zero-order valence-electron chi connectivity index (χ0n) is 34.6. The summed E-state index contributed by atoms with van der Waals surface area (Å²) in [5, 5.41) is 4.95. The SMILES string of the molecule is C=C(C)C(=O)OCCNC(=O)OC(COCCOc1cccc(OCCOCC(COc2ccccc2)OC(=O)NCCOC(=O)C(=C)C)c1)COC(=O)C(=C)C.CC. The average Bonchev–Trinajstić information content (AvgIpc) is 3.22. The molecule has 17 nitrogen and oxygen atoms in total. The Morgan fingerprint density at radius 2 is 0.932 bits per heavy atom. The highest BCUT2D eigenvalue weighted by atomic mass is 16.6. The number of esters is 3. The molecule has 0 aliphatic rings. The molecule has 0 heterocycles. The fraction of sp³-hybridized carbons (Fsp3) is 0.452. The van der Waals surface area contributed by atoms with E-state index in [9.17, 15) is 24.0 Å². The van der Waals surface area contributed by atoms with E-state index in [1.807, 2.05) is 32.0 Å². The molecule has 0 aliphatic heterocycles. The summed E-state index contributed by atoms with van der Waals surface area (Å²) in [6.45, 7) is 19.1. The Hall–Kier alpha value is -6.07. The van der Waals surface area contributed by atoms with Gasteiger partial charge in [0.15, 0.2) is 12.2 Å². The number of nitrogens with one attached hydrogen (secondary N) is 2. The first-order chi connectivity index (χ1) is 28.3. The molecule has 2 aromatic rings. The number of hydrogen-bond acceptors (Lipinski definition) is 15. The highest BCUT2D eigenvalue weighted by Gasteiger charge is 2.19. The zero-order chi connectivity index (χ0) is 43.8. The number of rotatable bonds is 28. The van der Waals surface area contributed by atoms with Gasteiger partial charge in [-0.05, 0) is 45.0 Å². The summed E-state index contributed by atoms with van der Waals surface area (Å²) >= 11 is 0. The van der Waals surface area contributed by atoms with Gasteiger partial charge in [0.25, 0.3) is 0 Å². The topological polar surface area (TPSA) is 202 Å². The van der Waals surface area contributed by atoms with Gasteiger partial charge in [-0.25, -0.2) is 24.0 Å². The van der Waals surface area contributed by atoms with Gasteiger partial charge in [-0.1, -0.05) is 57.8 Å². The van der Waals surface area contributed by atoms with E-state index < -0.39 is 42.3 Å². The van der Waals surface area contributed by atoms with E-state index in [2.05, 4.69) is 30.4 Å². The minimum Gasteiger partial charge on any atom is -0.491 e. The molecule has 2 unspecified atom stereocenters. The summed E-state index contributed by atoms with van der Waals surface area (Å²) in [6.07, 6.45) is -3.28. The van der Waals surface area contributed by atoms with Crippen molar-refractivity contribution in [3.8, 4) is 17.2 Å². The molecular formula is C42H58N2O15. The van der Waals surface area contributed by atoms with Crippen LogP contribution in [0, 0.1) is 0 Å². The van der Waals surface area contributed by atoms with Gasteiger partial charge in [-0.2, -0.15) is 0 Å².